The summed E-state index contributed by atoms with van der Waals surface area (Å²) in [4.78, 5) is 14.2. The molecule has 19 heavy (non-hydrogen) atoms. The molecule has 0 saturated carbocycles. The Morgan fingerprint density at radius 3 is 2.68 bits per heavy atom. The SMILES string of the molecule is CC1CCC(C(=O)N(C)CCc2ccccc2)CN1. The van der Waals surface area contributed by atoms with Crippen LogP contribution in [-0.2, 0) is 11.2 Å². The van der Waals surface area contributed by atoms with E-state index >= 15 is 0 Å². The Balaban J connectivity index is 1.79. The molecule has 0 spiro atoms. The third-order valence-electron chi connectivity index (χ3n) is 3.97. The Kier molecular flexibility index (Phi) is 4.97. The van der Waals surface area contributed by atoms with Crippen molar-refractivity contribution in [2.45, 2.75) is 32.2 Å². The van der Waals surface area contributed by atoms with E-state index in [1.54, 1.807) is 0 Å². The van der Waals surface area contributed by atoms with Gasteiger partial charge in [0.2, 0.25) is 5.91 Å². The Morgan fingerprint density at radius 2 is 2.05 bits per heavy atom. The van der Waals surface area contributed by atoms with E-state index < -0.39 is 0 Å². The molecule has 1 aliphatic heterocycles. The highest BCUT2D eigenvalue weighted by molar-refractivity contribution is 5.79. The summed E-state index contributed by atoms with van der Waals surface area (Å²) < 4.78 is 0. The number of carbonyl (C=O) groups excluding carboxylic acids is 1. The molecule has 1 aromatic rings. The maximum Gasteiger partial charge on any atom is 0.226 e. The first-order valence-corrected chi connectivity index (χ1v) is 7.19. The average molecular weight is 260 g/mol. The molecular formula is C16H24N2O. The van der Waals surface area contributed by atoms with Gasteiger partial charge in [-0.1, -0.05) is 30.3 Å². The molecule has 3 heteroatoms. The Bertz CT molecular complexity index is 396. The van der Waals surface area contributed by atoms with Gasteiger partial charge < -0.3 is 10.2 Å². The number of nitrogens with zero attached hydrogens (tertiary/aromatic N) is 1. The number of benzene rings is 1. The van der Waals surface area contributed by atoms with E-state index in [0.29, 0.717) is 6.04 Å². The highest BCUT2D eigenvalue weighted by Crippen LogP contribution is 2.16. The summed E-state index contributed by atoms with van der Waals surface area (Å²) in [6.45, 7) is 3.81. The van der Waals surface area contributed by atoms with Gasteiger partial charge in [-0.25, -0.2) is 0 Å². The lowest BCUT2D eigenvalue weighted by Gasteiger charge is -2.30. The van der Waals surface area contributed by atoms with E-state index in [1.807, 2.05) is 30.1 Å². The summed E-state index contributed by atoms with van der Waals surface area (Å²) in [7, 11) is 1.92. The second kappa shape index (κ2) is 6.71. The number of piperidine rings is 1. The van der Waals surface area contributed by atoms with Crippen molar-refractivity contribution in [1.82, 2.24) is 10.2 Å². The van der Waals surface area contributed by atoms with Crippen molar-refractivity contribution in [2.24, 2.45) is 5.92 Å². The predicted molar refractivity (Wildman–Crippen MR) is 78.0 cm³/mol. The molecule has 1 aliphatic rings. The van der Waals surface area contributed by atoms with Crippen molar-refractivity contribution in [3.05, 3.63) is 35.9 Å². The number of rotatable bonds is 4. The normalized spacial score (nSPS) is 23.1. The van der Waals surface area contributed by atoms with E-state index in [1.165, 1.54) is 5.56 Å². The molecule has 0 bridgehead atoms. The van der Waals surface area contributed by atoms with Gasteiger partial charge in [-0.2, -0.15) is 0 Å². The van der Waals surface area contributed by atoms with Crippen LogP contribution in [0.25, 0.3) is 0 Å². The van der Waals surface area contributed by atoms with Gasteiger partial charge in [0.25, 0.3) is 0 Å². The monoisotopic (exact) mass is 260 g/mol. The zero-order valence-corrected chi connectivity index (χ0v) is 11.9. The molecule has 1 heterocycles. The molecular weight excluding hydrogens is 236 g/mol. The van der Waals surface area contributed by atoms with Crippen LogP contribution in [0.15, 0.2) is 30.3 Å². The predicted octanol–water partition coefficient (Wildman–Crippen LogP) is 2.08. The van der Waals surface area contributed by atoms with Crippen molar-refractivity contribution >= 4 is 5.91 Å². The van der Waals surface area contributed by atoms with E-state index in [4.69, 9.17) is 0 Å². The lowest BCUT2D eigenvalue weighted by molar-refractivity contribution is -0.134. The lowest BCUT2D eigenvalue weighted by Crippen LogP contribution is -2.45. The molecule has 1 saturated heterocycles. The molecule has 3 nitrogen and oxygen atoms in total. The second-order valence-electron chi connectivity index (χ2n) is 5.58. The Hall–Kier alpha value is -1.35. The fraction of sp³-hybridized carbons (Fsp3) is 0.562. The summed E-state index contributed by atoms with van der Waals surface area (Å²) in [6.07, 6.45) is 3.05. The minimum Gasteiger partial charge on any atom is -0.345 e. The summed E-state index contributed by atoms with van der Waals surface area (Å²) in [6, 6.07) is 10.9. The van der Waals surface area contributed by atoms with Crippen LogP contribution in [0.3, 0.4) is 0 Å². The second-order valence-corrected chi connectivity index (χ2v) is 5.58. The fourth-order valence-electron chi connectivity index (χ4n) is 2.57. The maximum atomic E-state index is 12.3. The Labute approximate surface area is 116 Å². The highest BCUT2D eigenvalue weighted by Gasteiger charge is 2.25. The number of amides is 1. The first-order valence-electron chi connectivity index (χ1n) is 7.19. The van der Waals surface area contributed by atoms with Crippen LogP contribution in [0.5, 0.6) is 0 Å². The quantitative estimate of drug-likeness (QED) is 0.899. The van der Waals surface area contributed by atoms with Crippen molar-refractivity contribution in [3.63, 3.8) is 0 Å². The fourth-order valence-corrected chi connectivity index (χ4v) is 2.57. The molecule has 1 fully saturated rings. The van der Waals surface area contributed by atoms with Gasteiger partial charge in [-0.3, -0.25) is 4.79 Å². The van der Waals surface area contributed by atoms with E-state index in [2.05, 4.69) is 24.4 Å². The molecule has 2 rings (SSSR count). The topological polar surface area (TPSA) is 32.3 Å². The minimum atomic E-state index is 0.164. The number of likely N-dealkylation sites (N-methyl/N-ethyl adjacent to an activating group) is 1. The van der Waals surface area contributed by atoms with Gasteiger partial charge in [0, 0.05) is 26.2 Å². The van der Waals surface area contributed by atoms with E-state index in [-0.39, 0.29) is 11.8 Å². The highest BCUT2D eigenvalue weighted by atomic mass is 16.2. The summed E-state index contributed by atoms with van der Waals surface area (Å²) in [5.41, 5.74) is 1.29. The molecule has 0 aromatic heterocycles. The van der Waals surface area contributed by atoms with Gasteiger partial charge in [0.05, 0.1) is 5.92 Å². The molecule has 104 valence electrons. The van der Waals surface area contributed by atoms with Crippen LogP contribution in [0.4, 0.5) is 0 Å². The maximum absolute atomic E-state index is 12.3. The minimum absolute atomic E-state index is 0.164. The summed E-state index contributed by atoms with van der Waals surface area (Å²) in [5, 5.41) is 3.39. The van der Waals surface area contributed by atoms with Crippen LogP contribution >= 0.6 is 0 Å². The zero-order valence-electron chi connectivity index (χ0n) is 11.9. The number of nitrogens with one attached hydrogen (secondary N) is 1. The third kappa shape index (κ3) is 4.06. The summed E-state index contributed by atoms with van der Waals surface area (Å²) in [5.74, 6) is 0.451. The lowest BCUT2D eigenvalue weighted by atomic mass is 9.94. The molecule has 2 unspecified atom stereocenters. The summed E-state index contributed by atoms with van der Waals surface area (Å²) >= 11 is 0. The van der Waals surface area contributed by atoms with Gasteiger partial charge in [-0.05, 0) is 31.7 Å². The number of hydrogen-bond acceptors (Lipinski definition) is 2. The van der Waals surface area contributed by atoms with E-state index in [9.17, 15) is 4.79 Å². The molecule has 2 atom stereocenters. The number of carbonyl (C=O) groups is 1. The van der Waals surface area contributed by atoms with Crippen molar-refractivity contribution in [1.29, 1.82) is 0 Å². The van der Waals surface area contributed by atoms with Gasteiger partial charge in [0.1, 0.15) is 0 Å². The van der Waals surface area contributed by atoms with Crippen LogP contribution in [0.2, 0.25) is 0 Å². The van der Waals surface area contributed by atoms with Crippen molar-refractivity contribution in [2.75, 3.05) is 20.1 Å². The number of hydrogen-bond donors (Lipinski definition) is 1. The largest absolute Gasteiger partial charge is 0.345 e. The van der Waals surface area contributed by atoms with Gasteiger partial charge in [0.15, 0.2) is 0 Å². The standard InChI is InChI=1S/C16H24N2O/c1-13-8-9-15(12-17-13)16(19)18(2)11-10-14-6-4-3-5-7-14/h3-7,13,15,17H,8-12H2,1-2H3. The van der Waals surface area contributed by atoms with Crippen LogP contribution in [0.1, 0.15) is 25.3 Å². The van der Waals surface area contributed by atoms with Gasteiger partial charge in [-0.15, -0.1) is 0 Å². The van der Waals surface area contributed by atoms with Crippen molar-refractivity contribution in [3.8, 4) is 0 Å². The van der Waals surface area contributed by atoms with Crippen LogP contribution in [-0.4, -0.2) is 37.0 Å². The smallest absolute Gasteiger partial charge is 0.226 e. The Morgan fingerprint density at radius 1 is 1.32 bits per heavy atom. The van der Waals surface area contributed by atoms with Crippen LogP contribution < -0.4 is 5.32 Å². The van der Waals surface area contributed by atoms with Gasteiger partial charge >= 0.3 is 0 Å². The molecule has 0 radical (unpaired) electrons. The zero-order chi connectivity index (χ0) is 13.7. The van der Waals surface area contributed by atoms with Crippen LogP contribution in [0, 0.1) is 5.92 Å². The molecule has 1 N–H and O–H groups in total. The first kappa shape index (κ1) is 14.1. The van der Waals surface area contributed by atoms with Crippen molar-refractivity contribution < 1.29 is 4.79 Å². The molecule has 1 aromatic carbocycles. The molecule has 0 aliphatic carbocycles. The molecule has 1 amide bonds. The third-order valence-corrected chi connectivity index (χ3v) is 3.97. The van der Waals surface area contributed by atoms with E-state index in [0.717, 1.165) is 32.4 Å². The first-order chi connectivity index (χ1) is 9.16. The average Bonchev–Trinajstić information content (AvgIpc) is 2.46.